The van der Waals surface area contributed by atoms with E-state index in [1.165, 1.54) is 19.9 Å². The molecule has 1 aliphatic carbocycles. The van der Waals surface area contributed by atoms with Gasteiger partial charge in [-0.25, -0.2) is 13.6 Å². The highest BCUT2D eigenvalue weighted by Crippen LogP contribution is 2.65. The fourth-order valence-corrected chi connectivity index (χ4v) is 3.69. The summed E-state index contributed by atoms with van der Waals surface area (Å²) in [5.41, 5.74) is 0.931. The van der Waals surface area contributed by atoms with E-state index in [2.05, 4.69) is 10.6 Å². The standard InChI is InChI=1S/C22H23ClF2N2O3/c1-12-9-14(26-20(29)27-19(28)15-7-5-6-8-16(15)23)10-13(2)18(12)30-11-17-21(3,4)22(17,24)25/h5-10,17H,11H2,1-4H3,(H2,26,27,28,29). The summed E-state index contributed by atoms with van der Waals surface area (Å²) in [6.07, 6.45) is 0. The lowest BCUT2D eigenvalue weighted by Gasteiger charge is -2.15. The highest BCUT2D eigenvalue weighted by atomic mass is 35.5. The van der Waals surface area contributed by atoms with Gasteiger partial charge in [-0.3, -0.25) is 10.1 Å². The minimum atomic E-state index is -2.73. The molecule has 0 heterocycles. The van der Waals surface area contributed by atoms with Crippen molar-refractivity contribution in [1.29, 1.82) is 0 Å². The van der Waals surface area contributed by atoms with Crippen LogP contribution in [-0.4, -0.2) is 24.5 Å². The molecular weight excluding hydrogens is 414 g/mol. The third-order valence-electron chi connectivity index (χ3n) is 5.54. The second kappa shape index (κ2) is 7.87. The fourth-order valence-electron chi connectivity index (χ4n) is 3.47. The summed E-state index contributed by atoms with van der Waals surface area (Å²) in [6.45, 7) is 6.49. The van der Waals surface area contributed by atoms with Crippen molar-refractivity contribution in [2.24, 2.45) is 11.3 Å². The van der Waals surface area contributed by atoms with Crippen LogP contribution in [0.1, 0.15) is 35.3 Å². The largest absolute Gasteiger partial charge is 0.492 e. The summed E-state index contributed by atoms with van der Waals surface area (Å²) in [5, 5.41) is 5.04. The van der Waals surface area contributed by atoms with Gasteiger partial charge in [-0.05, 0) is 49.2 Å². The number of carbonyl (C=O) groups excluding carboxylic acids is 2. The molecule has 3 rings (SSSR count). The van der Waals surface area contributed by atoms with E-state index in [0.717, 1.165) is 0 Å². The van der Waals surface area contributed by atoms with Crippen molar-refractivity contribution in [3.8, 4) is 5.75 Å². The lowest BCUT2D eigenvalue weighted by Crippen LogP contribution is -2.34. The summed E-state index contributed by atoms with van der Waals surface area (Å²) in [4.78, 5) is 24.4. The van der Waals surface area contributed by atoms with Gasteiger partial charge in [0, 0.05) is 11.1 Å². The molecule has 0 radical (unpaired) electrons. The van der Waals surface area contributed by atoms with Gasteiger partial charge in [-0.15, -0.1) is 0 Å². The zero-order valence-corrected chi connectivity index (χ0v) is 17.9. The highest BCUT2D eigenvalue weighted by Gasteiger charge is 2.75. The van der Waals surface area contributed by atoms with Crippen molar-refractivity contribution >= 4 is 29.2 Å². The summed E-state index contributed by atoms with van der Waals surface area (Å²) in [6, 6.07) is 8.97. The average molecular weight is 437 g/mol. The SMILES string of the molecule is Cc1cc(NC(=O)NC(=O)c2ccccc2Cl)cc(C)c1OCC1C(C)(C)C1(F)F. The Morgan fingerprint density at radius 2 is 1.70 bits per heavy atom. The number of benzene rings is 2. The van der Waals surface area contributed by atoms with Crippen LogP contribution in [0.15, 0.2) is 36.4 Å². The molecule has 0 spiro atoms. The molecule has 160 valence electrons. The molecule has 2 N–H and O–H groups in total. The van der Waals surface area contributed by atoms with Crippen LogP contribution in [0.4, 0.5) is 19.3 Å². The van der Waals surface area contributed by atoms with Crippen LogP contribution in [0.2, 0.25) is 5.02 Å². The number of aryl methyl sites for hydroxylation is 2. The van der Waals surface area contributed by atoms with Crippen LogP contribution in [0, 0.1) is 25.2 Å². The van der Waals surface area contributed by atoms with E-state index in [1.807, 2.05) is 0 Å². The second-order valence-electron chi connectivity index (χ2n) is 8.04. The summed E-state index contributed by atoms with van der Waals surface area (Å²) in [5.74, 6) is -3.68. The Hall–Kier alpha value is -2.67. The molecule has 2 aromatic rings. The van der Waals surface area contributed by atoms with E-state index < -0.39 is 29.2 Å². The molecule has 5 nitrogen and oxygen atoms in total. The Balaban J connectivity index is 1.63. The highest BCUT2D eigenvalue weighted by molar-refractivity contribution is 6.34. The number of hydrogen-bond acceptors (Lipinski definition) is 3. The monoisotopic (exact) mass is 436 g/mol. The number of hydrogen-bond donors (Lipinski definition) is 2. The van der Waals surface area contributed by atoms with Crippen molar-refractivity contribution in [1.82, 2.24) is 5.32 Å². The Morgan fingerprint density at radius 1 is 1.13 bits per heavy atom. The molecule has 8 heteroatoms. The molecular formula is C22H23ClF2N2O3. The number of halogens is 3. The van der Waals surface area contributed by atoms with Gasteiger partial charge in [0.05, 0.1) is 23.1 Å². The lowest BCUT2D eigenvalue weighted by molar-refractivity contribution is 0.0607. The van der Waals surface area contributed by atoms with E-state index in [4.69, 9.17) is 16.3 Å². The second-order valence-corrected chi connectivity index (χ2v) is 8.44. The van der Waals surface area contributed by atoms with Gasteiger partial charge in [-0.1, -0.05) is 37.6 Å². The van der Waals surface area contributed by atoms with E-state index in [9.17, 15) is 18.4 Å². The van der Waals surface area contributed by atoms with Crippen molar-refractivity contribution in [3.05, 3.63) is 58.1 Å². The van der Waals surface area contributed by atoms with Gasteiger partial charge >= 0.3 is 6.03 Å². The molecule has 1 aliphatic rings. The maximum atomic E-state index is 13.8. The molecule has 1 fully saturated rings. The van der Waals surface area contributed by atoms with Crippen molar-refractivity contribution in [2.45, 2.75) is 33.6 Å². The van der Waals surface area contributed by atoms with Gasteiger partial charge in [0.2, 0.25) is 0 Å². The molecule has 1 saturated carbocycles. The van der Waals surface area contributed by atoms with Crippen LogP contribution in [0.3, 0.4) is 0 Å². The molecule has 0 aliphatic heterocycles. The number of rotatable bonds is 5. The third kappa shape index (κ3) is 4.12. The number of urea groups is 1. The van der Waals surface area contributed by atoms with Crippen molar-refractivity contribution in [2.75, 3.05) is 11.9 Å². The normalized spacial score (nSPS) is 18.4. The number of carbonyl (C=O) groups is 2. The lowest BCUT2D eigenvalue weighted by atomic mass is 10.1. The maximum Gasteiger partial charge on any atom is 0.326 e. The molecule has 2 aromatic carbocycles. The smallest absolute Gasteiger partial charge is 0.326 e. The predicted octanol–water partition coefficient (Wildman–Crippen LogP) is 5.59. The number of nitrogens with one attached hydrogen (secondary N) is 2. The van der Waals surface area contributed by atoms with Gasteiger partial charge in [0.25, 0.3) is 11.8 Å². The van der Waals surface area contributed by atoms with E-state index in [0.29, 0.717) is 22.6 Å². The number of anilines is 1. The molecule has 3 amide bonds. The minimum absolute atomic E-state index is 0.0821. The minimum Gasteiger partial charge on any atom is -0.492 e. The molecule has 30 heavy (non-hydrogen) atoms. The van der Waals surface area contributed by atoms with Gasteiger partial charge < -0.3 is 10.1 Å². The first-order valence-electron chi connectivity index (χ1n) is 9.44. The van der Waals surface area contributed by atoms with Gasteiger partial charge in [0.15, 0.2) is 0 Å². The Bertz CT molecular complexity index is 971. The number of imide groups is 1. The molecule has 0 bridgehead atoms. The Kier molecular flexibility index (Phi) is 5.78. The summed E-state index contributed by atoms with van der Waals surface area (Å²) < 4.78 is 33.2. The molecule has 1 atom stereocenters. The fraction of sp³-hybridized carbons (Fsp3) is 0.364. The molecule has 0 aromatic heterocycles. The molecule has 0 saturated heterocycles. The van der Waals surface area contributed by atoms with Gasteiger partial charge in [-0.2, -0.15) is 0 Å². The quantitative estimate of drug-likeness (QED) is 0.642. The first-order valence-corrected chi connectivity index (χ1v) is 9.81. The van der Waals surface area contributed by atoms with Crippen LogP contribution >= 0.6 is 11.6 Å². The number of amides is 3. The Morgan fingerprint density at radius 3 is 2.23 bits per heavy atom. The Labute approximate surface area is 178 Å². The summed E-state index contributed by atoms with van der Waals surface area (Å²) >= 11 is 5.96. The number of alkyl halides is 2. The zero-order chi connectivity index (χ0) is 22.3. The van der Waals surface area contributed by atoms with Crippen LogP contribution in [0.5, 0.6) is 5.75 Å². The van der Waals surface area contributed by atoms with Crippen LogP contribution in [-0.2, 0) is 0 Å². The third-order valence-corrected chi connectivity index (χ3v) is 5.87. The topological polar surface area (TPSA) is 67.4 Å². The van der Waals surface area contributed by atoms with E-state index in [1.54, 1.807) is 44.2 Å². The van der Waals surface area contributed by atoms with Gasteiger partial charge in [0.1, 0.15) is 5.75 Å². The first kappa shape index (κ1) is 22.0. The van der Waals surface area contributed by atoms with E-state index >= 15 is 0 Å². The zero-order valence-electron chi connectivity index (χ0n) is 17.1. The first-order chi connectivity index (χ1) is 13.9. The van der Waals surface area contributed by atoms with E-state index in [-0.39, 0.29) is 17.2 Å². The average Bonchev–Trinajstić information content (AvgIpc) is 3.02. The van der Waals surface area contributed by atoms with Crippen LogP contribution in [0.25, 0.3) is 0 Å². The van der Waals surface area contributed by atoms with Crippen LogP contribution < -0.4 is 15.4 Å². The predicted molar refractivity (Wildman–Crippen MR) is 112 cm³/mol. The molecule has 1 unspecified atom stereocenters. The maximum absolute atomic E-state index is 13.8. The van der Waals surface area contributed by atoms with Crippen molar-refractivity contribution < 1.29 is 23.1 Å². The van der Waals surface area contributed by atoms with Crippen molar-refractivity contribution in [3.63, 3.8) is 0 Å². The summed E-state index contributed by atoms with van der Waals surface area (Å²) in [7, 11) is 0. The number of ether oxygens (including phenoxy) is 1.